The van der Waals surface area contributed by atoms with E-state index in [0.29, 0.717) is 0 Å². The normalized spacial score (nSPS) is 34.3. The second kappa shape index (κ2) is 2.03. The van der Waals surface area contributed by atoms with Crippen LogP contribution >= 0.6 is 12.8 Å². The largest absolute Gasteiger partial charge is 0.392 e. The first kappa shape index (κ1) is 5.41. The van der Waals surface area contributed by atoms with Gasteiger partial charge in [0.25, 0.3) is 0 Å². The summed E-state index contributed by atoms with van der Waals surface area (Å²) < 4.78 is 1.82. The van der Waals surface area contributed by atoms with E-state index < -0.39 is 0 Å². The Labute approximate surface area is 48.7 Å². The average molecular weight is 119 g/mol. The van der Waals surface area contributed by atoms with Gasteiger partial charge in [-0.2, -0.15) is 0 Å². The zero-order chi connectivity index (χ0) is 5.28. The first-order valence-corrected chi connectivity index (χ1v) is 2.81. The Hall–Kier alpha value is 0.270. The molecule has 1 saturated heterocycles. The highest BCUT2D eigenvalue weighted by Crippen LogP contribution is 2.09. The molecule has 7 heavy (non-hydrogen) atoms. The first-order valence-electron chi connectivity index (χ1n) is 2.41. The SMILES string of the molecule is O[C@H]1CCN(S)C1. The Morgan fingerprint density at radius 1 is 1.71 bits per heavy atom. The van der Waals surface area contributed by atoms with Crippen LogP contribution in [0, 0.1) is 0 Å². The average Bonchev–Trinajstić information content (AvgIpc) is 1.87. The van der Waals surface area contributed by atoms with Crippen molar-refractivity contribution >= 4 is 12.8 Å². The maximum Gasteiger partial charge on any atom is 0.0689 e. The quantitative estimate of drug-likeness (QED) is 0.435. The molecule has 1 N–H and O–H groups in total. The molecule has 0 saturated carbocycles. The van der Waals surface area contributed by atoms with Crippen LogP contribution in [0.1, 0.15) is 6.42 Å². The fourth-order valence-corrected chi connectivity index (χ4v) is 1.03. The molecule has 0 aromatic carbocycles. The molecule has 1 fully saturated rings. The van der Waals surface area contributed by atoms with E-state index in [9.17, 15) is 0 Å². The number of hydrogen-bond acceptors (Lipinski definition) is 3. The molecule has 0 aromatic rings. The van der Waals surface area contributed by atoms with Gasteiger partial charge in [0.1, 0.15) is 0 Å². The second-order valence-corrected chi connectivity index (χ2v) is 2.42. The van der Waals surface area contributed by atoms with Crippen molar-refractivity contribution in [2.75, 3.05) is 13.1 Å². The molecular weight excluding hydrogens is 110 g/mol. The minimum atomic E-state index is -0.127. The predicted octanol–water partition coefficient (Wildman–Crippen LogP) is -0.102. The number of nitrogens with zero attached hydrogens (tertiary/aromatic N) is 1. The van der Waals surface area contributed by atoms with Gasteiger partial charge < -0.3 is 5.11 Å². The molecule has 0 spiro atoms. The summed E-state index contributed by atoms with van der Waals surface area (Å²) >= 11 is 4.03. The van der Waals surface area contributed by atoms with E-state index >= 15 is 0 Å². The molecule has 2 nitrogen and oxygen atoms in total. The minimum absolute atomic E-state index is 0.127. The van der Waals surface area contributed by atoms with Gasteiger partial charge in [0.2, 0.25) is 0 Å². The van der Waals surface area contributed by atoms with Gasteiger partial charge in [0, 0.05) is 13.1 Å². The van der Waals surface area contributed by atoms with Crippen molar-refractivity contribution in [1.82, 2.24) is 4.31 Å². The van der Waals surface area contributed by atoms with Gasteiger partial charge >= 0.3 is 0 Å². The van der Waals surface area contributed by atoms with Gasteiger partial charge in [-0.05, 0) is 6.42 Å². The zero-order valence-electron chi connectivity index (χ0n) is 4.04. The summed E-state index contributed by atoms with van der Waals surface area (Å²) in [7, 11) is 0. The molecule has 3 heteroatoms. The number of thiol groups is 1. The highest BCUT2D eigenvalue weighted by Gasteiger charge is 2.16. The highest BCUT2D eigenvalue weighted by atomic mass is 32.1. The molecule has 1 aliphatic heterocycles. The lowest BCUT2D eigenvalue weighted by Gasteiger charge is -2.01. The number of β-amino-alcohol motifs (C(OH)–C–C–N with tert-alkyl or cyclic N) is 1. The minimum Gasteiger partial charge on any atom is -0.392 e. The van der Waals surface area contributed by atoms with Crippen LogP contribution in [0.3, 0.4) is 0 Å². The van der Waals surface area contributed by atoms with Crippen molar-refractivity contribution in [1.29, 1.82) is 0 Å². The van der Waals surface area contributed by atoms with E-state index in [1.54, 1.807) is 0 Å². The van der Waals surface area contributed by atoms with E-state index in [1.165, 1.54) is 0 Å². The lowest BCUT2D eigenvalue weighted by molar-refractivity contribution is 0.191. The summed E-state index contributed by atoms with van der Waals surface area (Å²) in [5.41, 5.74) is 0. The Bertz CT molecular complexity index is 60.7. The Kier molecular flexibility index (Phi) is 1.57. The summed E-state index contributed by atoms with van der Waals surface area (Å²) in [5, 5.41) is 8.81. The molecule has 1 heterocycles. The summed E-state index contributed by atoms with van der Waals surface area (Å²) in [6, 6.07) is 0. The van der Waals surface area contributed by atoms with Gasteiger partial charge in [0.15, 0.2) is 0 Å². The van der Waals surface area contributed by atoms with E-state index in [1.807, 2.05) is 4.31 Å². The Morgan fingerprint density at radius 3 is 2.57 bits per heavy atom. The topological polar surface area (TPSA) is 23.5 Å². The van der Waals surface area contributed by atoms with Crippen molar-refractivity contribution in [3.05, 3.63) is 0 Å². The maximum absolute atomic E-state index is 8.81. The second-order valence-electron chi connectivity index (χ2n) is 1.86. The summed E-state index contributed by atoms with van der Waals surface area (Å²) in [6.45, 7) is 1.65. The molecular formula is C4H9NOS. The van der Waals surface area contributed by atoms with Gasteiger partial charge in [-0.15, -0.1) is 0 Å². The lowest BCUT2D eigenvalue weighted by Crippen LogP contribution is -2.10. The summed E-state index contributed by atoms with van der Waals surface area (Å²) in [5.74, 6) is 0. The number of hydrogen-bond donors (Lipinski definition) is 2. The van der Waals surface area contributed by atoms with E-state index in [-0.39, 0.29) is 6.10 Å². The van der Waals surface area contributed by atoms with Crippen molar-refractivity contribution < 1.29 is 5.11 Å². The van der Waals surface area contributed by atoms with Crippen LogP contribution < -0.4 is 0 Å². The number of aliphatic hydroxyl groups is 1. The summed E-state index contributed by atoms with van der Waals surface area (Å²) in [6.07, 6.45) is 0.751. The van der Waals surface area contributed by atoms with Crippen molar-refractivity contribution in [3.63, 3.8) is 0 Å². The van der Waals surface area contributed by atoms with Crippen molar-refractivity contribution in [2.45, 2.75) is 12.5 Å². The smallest absolute Gasteiger partial charge is 0.0689 e. The van der Waals surface area contributed by atoms with Crippen molar-refractivity contribution in [2.24, 2.45) is 0 Å². The molecule has 0 unspecified atom stereocenters. The lowest BCUT2D eigenvalue weighted by atomic mass is 10.3. The molecule has 1 aliphatic rings. The van der Waals surface area contributed by atoms with Gasteiger partial charge in [-0.25, -0.2) is 0 Å². The van der Waals surface area contributed by atoms with Crippen LogP contribution in [0.25, 0.3) is 0 Å². The third kappa shape index (κ3) is 1.33. The molecule has 0 radical (unpaired) electrons. The van der Waals surface area contributed by atoms with Crippen LogP contribution in [-0.2, 0) is 0 Å². The molecule has 0 aliphatic carbocycles. The molecule has 42 valence electrons. The Balaban J connectivity index is 2.26. The van der Waals surface area contributed by atoms with Gasteiger partial charge in [-0.1, -0.05) is 12.8 Å². The predicted molar refractivity (Wildman–Crippen MR) is 31.2 cm³/mol. The van der Waals surface area contributed by atoms with Crippen LogP contribution in [0.15, 0.2) is 0 Å². The fraction of sp³-hybridized carbons (Fsp3) is 1.00. The van der Waals surface area contributed by atoms with E-state index in [0.717, 1.165) is 19.5 Å². The van der Waals surface area contributed by atoms with Crippen LogP contribution in [0.2, 0.25) is 0 Å². The van der Waals surface area contributed by atoms with Gasteiger partial charge in [0.05, 0.1) is 6.10 Å². The molecule has 1 rings (SSSR count). The zero-order valence-corrected chi connectivity index (χ0v) is 4.93. The van der Waals surface area contributed by atoms with E-state index in [4.69, 9.17) is 5.11 Å². The number of rotatable bonds is 0. The third-order valence-electron chi connectivity index (χ3n) is 1.14. The summed E-state index contributed by atoms with van der Waals surface area (Å²) in [4.78, 5) is 0. The van der Waals surface area contributed by atoms with Crippen LogP contribution in [0.5, 0.6) is 0 Å². The molecule has 0 bridgehead atoms. The van der Waals surface area contributed by atoms with Crippen molar-refractivity contribution in [3.8, 4) is 0 Å². The monoisotopic (exact) mass is 119 g/mol. The standard InChI is InChI=1S/C4H9NOS/c6-4-1-2-5(7)3-4/h4,6-7H,1-3H2/t4-/m0/s1. The Morgan fingerprint density at radius 2 is 2.43 bits per heavy atom. The van der Waals surface area contributed by atoms with Crippen LogP contribution in [-0.4, -0.2) is 28.6 Å². The maximum atomic E-state index is 8.81. The fourth-order valence-electron chi connectivity index (χ4n) is 0.724. The molecule has 1 atom stereocenters. The first-order chi connectivity index (χ1) is 3.29. The molecule has 0 aromatic heterocycles. The number of aliphatic hydroxyl groups excluding tert-OH is 1. The highest BCUT2D eigenvalue weighted by molar-refractivity contribution is 7.77. The van der Waals surface area contributed by atoms with Crippen LogP contribution in [0.4, 0.5) is 0 Å². The molecule has 0 amide bonds. The third-order valence-corrected chi connectivity index (χ3v) is 1.51. The van der Waals surface area contributed by atoms with Gasteiger partial charge in [-0.3, -0.25) is 4.31 Å². The van der Waals surface area contributed by atoms with E-state index in [2.05, 4.69) is 12.8 Å².